The van der Waals surface area contributed by atoms with Gasteiger partial charge in [0, 0.05) is 11.3 Å². The number of para-hydroxylation sites is 1. The van der Waals surface area contributed by atoms with Gasteiger partial charge in [-0.15, -0.1) is 0 Å². The Hall–Kier alpha value is -1.77. The fourth-order valence-corrected chi connectivity index (χ4v) is 2.41. The highest BCUT2D eigenvalue weighted by Gasteiger charge is 2.14. The van der Waals surface area contributed by atoms with E-state index in [0.29, 0.717) is 0 Å². The number of nitrogens with zero attached hydrogens (tertiary/aromatic N) is 1. The first-order valence-electron chi connectivity index (χ1n) is 7.16. The van der Waals surface area contributed by atoms with E-state index >= 15 is 0 Å². The van der Waals surface area contributed by atoms with Gasteiger partial charge in [-0.2, -0.15) is 0 Å². The molecule has 0 aliphatic carbocycles. The standard InChI is InChI=1S/C16H22N2O/c1-3-5-12-15-14(9-4-2)16(19)17-18(15)13-10-7-6-8-11-13/h6-8,10-11H,3-5,9,12H2,1-2H3,(H,17,19). The average molecular weight is 258 g/mol. The van der Waals surface area contributed by atoms with Crippen molar-refractivity contribution in [3.8, 4) is 5.69 Å². The summed E-state index contributed by atoms with van der Waals surface area (Å²) in [6.45, 7) is 4.29. The number of nitrogens with one attached hydrogen (secondary N) is 1. The Morgan fingerprint density at radius 3 is 2.42 bits per heavy atom. The number of hydrogen-bond donors (Lipinski definition) is 1. The summed E-state index contributed by atoms with van der Waals surface area (Å²) in [6, 6.07) is 10.0. The van der Waals surface area contributed by atoms with Crippen LogP contribution in [0, 0.1) is 0 Å². The maximum Gasteiger partial charge on any atom is 0.267 e. The van der Waals surface area contributed by atoms with Crippen molar-refractivity contribution < 1.29 is 0 Å². The number of rotatable bonds is 6. The van der Waals surface area contributed by atoms with Crippen molar-refractivity contribution in [3.05, 3.63) is 51.9 Å². The molecule has 0 unspecified atom stereocenters. The minimum atomic E-state index is 0.0665. The molecule has 1 heterocycles. The third kappa shape index (κ3) is 2.98. The molecule has 19 heavy (non-hydrogen) atoms. The summed E-state index contributed by atoms with van der Waals surface area (Å²) in [5.41, 5.74) is 3.21. The third-order valence-electron chi connectivity index (χ3n) is 3.39. The van der Waals surface area contributed by atoms with E-state index in [1.165, 1.54) is 0 Å². The molecule has 1 aromatic carbocycles. The zero-order chi connectivity index (χ0) is 13.7. The van der Waals surface area contributed by atoms with Gasteiger partial charge in [0.05, 0.1) is 5.69 Å². The van der Waals surface area contributed by atoms with Crippen molar-refractivity contribution in [2.24, 2.45) is 0 Å². The largest absolute Gasteiger partial charge is 0.268 e. The molecule has 0 amide bonds. The van der Waals surface area contributed by atoms with E-state index in [4.69, 9.17) is 0 Å². The van der Waals surface area contributed by atoms with Gasteiger partial charge in [-0.05, 0) is 31.4 Å². The summed E-state index contributed by atoms with van der Waals surface area (Å²) in [4.78, 5) is 12.1. The highest BCUT2D eigenvalue weighted by atomic mass is 16.1. The molecule has 3 heteroatoms. The van der Waals surface area contributed by atoms with Crippen molar-refractivity contribution in [1.29, 1.82) is 0 Å². The van der Waals surface area contributed by atoms with E-state index in [1.54, 1.807) is 0 Å². The van der Waals surface area contributed by atoms with Crippen molar-refractivity contribution in [3.63, 3.8) is 0 Å². The van der Waals surface area contributed by atoms with Gasteiger partial charge in [0.15, 0.2) is 0 Å². The molecule has 1 aromatic heterocycles. The van der Waals surface area contributed by atoms with E-state index in [-0.39, 0.29) is 5.56 Å². The second-order valence-corrected chi connectivity index (χ2v) is 4.89. The normalized spacial score (nSPS) is 10.8. The Kier molecular flexibility index (Phi) is 4.61. The zero-order valence-corrected chi connectivity index (χ0v) is 11.8. The molecule has 0 spiro atoms. The molecule has 0 radical (unpaired) electrons. The lowest BCUT2D eigenvalue weighted by molar-refractivity contribution is 0.719. The number of hydrogen-bond acceptors (Lipinski definition) is 1. The van der Waals surface area contributed by atoms with Crippen LogP contribution >= 0.6 is 0 Å². The average Bonchev–Trinajstić information content (AvgIpc) is 2.75. The van der Waals surface area contributed by atoms with Crippen LogP contribution < -0.4 is 5.56 Å². The smallest absolute Gasteiger partial charge is 0.267 e. The lowest BCUT2D eigenvalue weighted by Crippen LogP contribution is -2.07. The van der Waals surface area contributed by atoms with E-state index in [9.17, 15) is 4.79 Å². The Morgan fingerprint density at radius 2 is 1.79 bits per heavy atom. The zero-order valence-electron chi connectivity index (χ0n) is 11.8. The molecule has 0 saturated heterocycles. The second kappa shape index (κ2) is 6.41. The van der Waals surface area contributed by atoms with Crippen LogP contribution in [0.1, 0.15) is 44.4 Å². The van der Waals surface area contributed by atoms with Crippen LogP contribution in [0.5, 0.6) is 0 Å². The Bertz CT molecular complexity index is 566. The lowest BCUT2D eigenvalue weighted by Gasteiger charge is -2.09. The topological polar surface area (TPSA) is 37.8 Å². The molecule has 0 saturated carbocycles. The summed E-state index contributed by atoms with van der Waals surface area (Å²) >= 11 is 0. The quantitative estimate of drug-likeness (QED) is 0.846. The minimum absolute atomic E-state index is 0.0665. The maximum atomic E-state index is 12.1. The van der Waals surface area contributed by atoms with E-state index in [0.717, 1.165) is 49.0 Å². The number of unbranched alkanes of at least 4 members (excludes halogenated alkanes) is 1. The molecular formula is C16H22N2O. The molecule has 0 bridgehead atoms. The summed E-state index contributed by atoms with van der Waals surface area (Å²) in [7, 11) is 0. The Balaban J connectivity index is 2.48. The predicted octanol–water partition coefficient (Wildman–Crippen LogP) is 3.46. The SMILES string of the molecule is CCCCc1c(CCC)c(=O)[nH]n1-c1ccccc1. The second-order valence-electron chi connectivity index (χ2n) is 4.89. The van der Waals surface area contributed by atoms with Gasteiger partial charge in [0.1, 0.15) is 0 Å². The molecule has 0 atom stereocenters. The summed E-state index contributed by atoms with van der Waals surface area (Å²) in [5, 5.41) is 2.98. The molecule has 0 aliphatic rings. The predicted molar refractivity (Wildman–Crippen MR) is 79.0 cm³/mol. The van der Waals surface area contributed by atoms with E-state index in [1.807, 2.05) is 35.0 Å². The fraction of sp³-hybridized carbons (Fsp3) is 0.438. The number of aromatic nitrogens is 2. The molecule has 0 aliphatic heterocycles. The van der Waals surface area contributed by atoms with Crippen LogP contribution in [0.25, 0.3) is 5.69 Å². The van der Waals surface area contributed by atoms with Crippen molar-refractivity contribution in [1.82, 2.24) is 9.78 Å². The van der Waals surface area contributed by atoms with E-state index in [2.05, 4.69) is 18.9 Å². The minimum Gasteiger partial charge on any atom is -0.268 e. The number of benzene rings is 1. The van der Waals surface area contributed by atoms with Gasteiger partial charge in [0.2, 0.25) is 0 Å². The molecule has 3 nitrogen and oxygen atoms in total. The van der Waals surface area contributed by atoms with Gasteiger partial charge in [-0.25, -0.2) is 0 Å². The molecule has 102 valence electrons. The van der Waals surface area contributed by atoms with Crippen molar-refractivity contribution >= 4 is 0 Å². The lowest BCUT2D eigenvalue weighted by atomic mass is 10.1. The molecule has 1 N–H and O–H groups in total. The monoisotopic (exact) mass is 258 g/mol. The first kappa shape index (κ1) is 13.7. The Morgan fingerprint density at radius 1 is 1.05 bits per heavy atom. The highest BCUT2D eigenvalue weighted by Crippen LogP contribution is 2.15. The van der Waals surface area contributed by atoms with Crippen LogP contribution in [0.2, 0.25) is 0 Å². The van der Waals surface area contributed by atoms with Gasteiger partial charge < -0.3 is 0 Å². The van der Waals surface area contributed by atoms with Crippen molar-refractivity contribution in [2.45, 2.75) is 46.0 Å². The summed E-state index contributed by atoms with van der Waals surface area (Å²) < 4.78 is 1.96. The highest BCUT2D eigenvalue weighted by molar-refractivity contribution is 5.35. The van der Waals surface area contributed by atoms with Crippen LogP contribution in [0.4, 0.5) is 0 Å². The van der Waals surface area contributed by atoms with Gasteiger partial charge >= 0.3 is 0 Å². The number of aromatic amines is 1. The van der Waals surface area contributed by atoms with Crippen LogP contribution in [-0.4, -0.2) is 9.78 Å². The first-order valence-corrected chi connectivity index (χ1v) is 7.16. The van der Waals surface area contributed by atoms with Gasteiger partial charge in [-0.3, -0.25) is 14.6 Å². The van der Waals surface area contributed by atoms with Crippen LogP contribution in [0.15, 0.2) is 35.1 Å². The van der Waals surface area contributed by atoms with E-state index < -0.39 is 0 Å². The fourth-order valence-electron chi connectivity index (χ4n) is 2.41. The maximum absolute atomic E-state index is 12.1. The summed E-state index contributed by atoms with van der Waals surface area (Å²) in [6.07, 6.45) is 5.06. The molecular weight excluding hydrogens is 236 g/mol. The Labute approximate surface area is 114 Å². The molecule has 2 rings (SSSR count). The van der Waals surface area contributed by atoms with Gasteiger partial charge in [-0.1, -0.05) is 44.9 Å². The molecule has 2 aromatic rings. The first-order chi connectivity index (χ1) is 9.27. The third-order valence-corrected chi connectivity index (χ3v) is 3.39. The van der Waals surface area contributed by atoms with Crippen molar-refractivity contribution in [2.75, 3.05) is 0 Å². The van der Waals surface area contributed by atoms with Gasteiger partial charge in [0.25, 0.3) is 5.56 Å². The molecule has 0 fully saturated rings. The van der Waals surface area contributed by atoms with Crippen LogP contribution in [-0.2, 0) is 12.8 Å². The number of H-pyrrole nitrogens is 1. The van der Waals surface area contributed by atoms with Crippen LogP contribution in [0.3, 0.4) is 0 Å². The summed E-state index contributed by atoms with van der Waals surface area (Å²) in [5.74, 6) is 0.